The number of hydrogen-bond acceptors (Lipinski definition) is 4. The zero-order valence-electron chi connectivity index (χ0n) is 13.5. The van der Waals surface area contributed by atoms with E-state index < -0.39 is 47.8 Å². The van der Waals surface area contributed by atoms with E-state index in [1.165, 1.54) is 0 Å². The van der Waals surface area contributed by atoms with E-state index in [1.54, 1.807) is 30.3 Å². The molecule has 138 valence electrons. The van der Waals surface area contributed by atoms with Crippen LogP contribution in [0.15, 0.2) is 42.5 Å². The van der Waals surface area contributed by atoms with Crippen LogP contribution in [0.1, 0.15) is 11.1 Å². The van der Waals surface area contributed by atoms with Gasteiger partial charge in [-0.05, 0) is 23.6 Å². The molecule has 0 aliphatic carbocycles. The van der Waals surface area contributed by atoms with Crippen molar-refractivity contribution in [3.8, 4) is 0 Å². The average molecular weight is 367 g/mol. The third kappa shape index (κ3) is 4.82. The largest absolute Gasteiger partial charge is 0.480 e. The molecule has 2 rings (SSSR count). The van der Waals surface area contributed by atoms with E-state index >= 15 is 0 Å². The SMILES string of the molecule is NC(C(=O)O)C(Cc1cc(F)c(F)cc1F)C(=O)OCc1ccccc1. The first kappa shape index (κ1) is 19.5. The molecular weight excluding hydrogens is 351 g/mol. The van der Waals surface area contributed by atoms with Crippen LogP contribution in [0.4, 0.5) is 13.2 Å². The molecule has 5 nitrogen and oxygen atoms in total. The Morgan fingerprint density at radius 2 is 1.65 bits per heavy atom. The van der Waals surface area contributed by atoms with Crippen LogP contribution in [0.2, 0.25) is 0 Å². The minimum absolute atomic E-state index is 0.136. The highest BCUT2D eigenvalue weighted by Crippen LogP contribution is 2.20. The molecule has 0 fully saturated rings. The third-order valence-electron chi connectivity index (χ3n) is 3.77. The van der Waals surface area contributed by atoms with Gasteiger partial charge >= 0.3 is 11.9 Å². The Labute approximate surface area is 147 Å². The van der Waals surface area contributed by atoms with Gasteiger partial charge in [-0.15, -0.1) is 0 Å². The van der Waals surface area contributed by atoms with Crippen molar-refractivity contribution in [1.29, 1.82) is 0 Å². The molecule has 0 saturated heterocycles. The number of halogens is 3. The summed E-state index contributed by atoms with van der Waals surface area (Å²) >= 11 is 0. The summed E-state index contributed by atoms with van der Waals surface area (Å²) in [7, 11) is 0. The van der Waals surface area contributed by atoms with Crippen LogP contribution in [0.25, 0.3) is 0 Å². The number of benzene rings is 2. The summed E-state index contributed by atoms with van der Waals surface area (Å²) in [5.41, 5.74) is 5.79. The number of nitrogens with two attached hydrogens (primary N) is 1. The molecule has 0 heterocycles. The molecule has 2 unspecified atom stereocenters. The number of aliphatic carboxylic acids is 1. The highest BCUT2D eigenvalue weighted by molar-refractivity contribution is 5.83. The number of esters is 1. The van der Waals surface area contributed by atoms with Gasteiger partial charge in [0.15, 0.2) is 11.6 Å². The highest BCUT2D eigenvalue weighted by Gasteiger charge is 2.33. The quantitative estimate of drug-likeness (QED) is 0.579. The van der Waals surface area contributed by atoms with Crippen molar-refractivity contribution in [2.75, 3.05) is 0 Å². The fraction of sp³-hybridized carbons (Fsp3) is 0.222. The maximum atomic E-state index is 13.8. The van der Waals surface area contributed by atoms with Crippen molar-refractivity contribution >= 4 is 11.9 Å². The Balaban J connectivity index is 2.19. The maximum absolute atomic E-state index is 13.8. The van der Waals surface area contributed by atoms with E-state index in [0.29, 0.717) is 17.7 Å². The number of carbonyl (C=O) groups is 2. The maximum Gasteiger partial charge on any atom is 0.321 e. The molecule has 0 aliphatic heterocycles. The summed E-state index contributed by atoms with van der Waals surface area (Å²) in [5, 5.41) is 9.07. The van der Waals surface area contributed by atoms with E-state index in [-0.39, 0.29) is 12.2 Å². The molecule has 0 amide bonds. The molecule has 0 bridgehead atoms. The van der Waals surface area contributed by atoms with E-state index in [2.05, 4.69) is 0 Å². The first-order valence-electron chi connectivity index (χ1n) is 7.62. The monoisotopic (exact) mass is 367 g/mol. The van der Waals surface area contributed by atoms with Crippen LogP contribution < -0.4 is 5.73 Å². The number of hydrogen-bond donors (Lipinski definition) is 2. The first-order valence-corrected chi connectivity index (χ1v) is 7.62. The van der Waals surface area contributed by atoms with Crippen molar-refractivity contribution in [2.45, 2.75) is 19.1 Å². The lowest BCUT2D eigenvalue weighted by Gasteiger charge is -2.20. The van der Waals surface area contributed by atoms with Crippen molar-refractivity contribution in [1.82, 2.24) is 0 Å². The number of carboxylic acid groups (broad SMARTS) is 1. The second-order valence-corrected chi connectivity index (χ2v) is 5.63. The van der Waals surface area contributed by atoms with Crippen molar-refractivity contribution in [2.24, 2.45) is 11.7 Å². The second kappa shape index (κ2) is 8.48. The van der Waals surface area contributed by atoms with E-state index in [4.69, 9.17) is 15.6 Å². The molecule has 0 aliphatic rings. The molecular formula is C18H16F3NO4. The molecule has 2 aromatic rings. The molecule has 0 radical (unpaired) electrons. The molecule has 8 heteroatoms. The number of ether oxygens (including phenoxy) is 1. The van der Waals surface area contributed by atoms with E-state index in [1.807, 2.05) is 0 Å². The Morgan fingerprint density at radius 1 is 1.04 bits per heavy atom. The van der Waals surface area contributed by atoms with Gasteiger partial charge in [-0.25, -0.2) is 13.2 Å². The van der Waals surface area contributed by atoms with Gasteiger partial charge in [0.25, 0.3) is 0 Å². The van der Waals surface area contributed by atoms with Crippen LogP contribution in [0, 0.1) is 23.4 Å². The minimum atomic E-state index is -1.70. The Kier molecular flexibility index (Phi) is 6.35. The molecule has 2 atom stereocenters. The molecule has 3 N–H and O–H groups in total. The number of carbonyl (C=O) groups excluding carboxylic acids is 1. The van der Waals surface area contributed by atoms with Gasteiger partial charge in [-0.3, -0.25) is 9.59 Å². The normalized spacial score (nSPS) is 13.1. The molecule has 0 saturated carbocycles. The predicted molar refractivity (Wildman–Crippen MR) is 85.4 cm³/mol. The lowest BCUT2D eigenvalue weighted by molar-refractivity contribution is -0.155. The standard InChI is InChI=1S/C18H16F3NO4/c19-13-8-15(21)14(20)7-11(13)6-12(16(22)17(23)24)18(25)26-9-10-4-2-1-3-5-10/h1-5,7-8,12,16H,6,9,22H2,(H,23,24). The van der Waals surface area contributed by atoms with E-state index in [9.17, 15) is 22.8 Å². The molecule has 26 heavy (non-hydrogen) atoms. The topological polar surface area (TPSA) is 89.6 Å². The van der Waals surface area contributed by atoms with Crippen molar-refractivity contribution in [3.05, 3.63) is 71.0 Å². The average Bonchev–Trinajstić information content (AvgIpc) is 2.61. The predicted octanol–water partition coefficient (Wildman–Crippen LogP) is 2.42. The smallest absolute Gasteiger partial charge is 0.321 e. The second-order valence-electron chi connectivity index (χ2n) is 5.63. The summed E-state index contributed by atoms with van der Waals surface area (Å²) in [5.74, 6) is -7.78. The van der Waals surface area contributed by atoms with E-state index in [0.717, 1.165) is 0 Å². The highest BCUT2D eigenvalue weighted by atomic mass is 19.2. The summed E-state index contributed by atoms with van der Waals surface area (Å²) in [6.45, 7) is -0.136. The fourth-order valence-corrected chi connectivity index (χ4v) is 2.32. The van der Waals surface area contributed by atoms with Gasteiger partial charge in [0.05, 0.1) is 5.92 Å². The summed E-state index contributed by atoms with van der Waals surface area (Å²) in [6.07, 6.45) is -0.551. The molecule has 0 aromatic heterocycles. The molecule has 2 aromatic carbocycles. The summed E-state index contributed by atoms with van der Waals surface area (Å²) < 4.78 is 45.2. The number of rotatable bonds is 7. The minimum Gasteiger partial charge on any atom is -0.480 e. The lowest BCUT2D eigenvalue weighted by atomic mass is 9.92. The Hall–Kier alpha value is -2.87. The molecule has 0 spiro atoms. The fourth-order valence-electron chi connectivity index (χ4n) is 2.32. The Morgan fingerprint density at radius 3 is 2.27 bits per heavy atom. The van der Waals surface area contributed by atoms with Crippen molar-refractivity contribution < 1.29 is 32.6 Å². The van der Waals surface area contributed by atoms with Gasteiger partial charge in [0.1, 0.15) is 18.5 Å². The summed E-state index contributed by atoms with van der Waals surface area (Å²) in [6, 6.07) is 7.77. The zero-order chi connectivity index (χ0) is 19.3. The van der Waals surface area contributed by atoms with Gasteiger partial charge in [-0.1, -0.05) is 30.3 Å². The lowest BCUT2D eigenvalue weighted by Crippen LogP contribution is -2.44. The summed E-state index contributed by atoms with van der Waals surface area (Å²) in [4.78, 5) is 23.4. The number of carboxylic acids is 1. The Bertz CT molecular complexity index is 799. The van der Waals surface area contributed by atoms with Crippen LogP contribution in [-0.4, -0.2) is 23.1 Å². The van der Waals surface area contributed by atoms with Gasteiger partial charge in [0.2, 0.25) is 0 Å². The van der Waals surface area contributed by atoms with Gasteiger partial charge in [-0.2, -0.15) is 0 Å². The third-order valence-corrected chi connectivity index (χ3v) is 3.77. The van der Waals surface area contributed by atoms with Gasteiger partial charge in [0, 0.05) is 6.07 Å². The van der Waals surface area contributed by atoms with Gasteiger partial charge < -0.3 is 15.6 Å². The van der Waals surface area contributed by atoms with Crippen molar-refractivity contribution in [3.63, 3.8) is 0 Å². The van der Waals surface area contributed by atoms with Crippen LogP contribution in [0.3, 0.4) is 0 Å². The van der Waals surface area contributed by atoms with Crippen LogP contribution in [0.5, 0.6) is 0 Å². The van der Waals surface area contributed by atoms with Crippen LogP contribution >= 0.6 is 0 Å². The van der Waals surface area contributed by atoms with Crippen LogP contribution in [-0.2, 0) is 27.4 Å². The first-order chi connectivity index (χ1) is 12.3. The zero-order valence-corrected chi connectivity index (χ0v) is 13.5.